The number of benzene rings is 1. The zero-order valence-corrected chi connectivity index (χ0v) is 15.0. The average molecular weight is 343 g/mol. The molecular formula is C19H26FN5. The highest BCUT2D eigenvalue weighted by Crippen LogP contribution is 2.34. The molecule has 1 aliphatic rings. The molecule has 1 aromatic carbocycles. The monoisotopic (exact) mass is 343 g/mol. The standard InChI is InChI=1S/C19H26FN5/c1-19(2,20)16-22-17(21)24-18(23-16)25(15-9-4-3-5-10-15)13-7-6-8-14-11-12-14/h3-5,9-10,14H,6-8,11-13H2,1-2H3,(H2,21,22,23,24). The summed E-state index contributed by atoms with van der Waals surface area (Å²) in [4.78, 5) is 14.6. The number of alkyl halides is 1. The van der Waals surface area contributed by atoms with Gasteiger partial charge in [-0.15, -0.1) is 0 Å². The van der Waals surface area contributed by atoms with Crippen molar-refractivity contribution in [2.75, 3.05) is 17.2 Å². The lowest BCUT2D eigenvalue weighted by Crippen LogP contribution is -2.25. The van der Waals surface area contributed by atoms with Crippen LogP contribution in [0.4, 0.5) is 22.0 Å². The van der Waals surface area contributed by atoms with Crippen molar-refractivity contribution in [1.82, 2.24) is 15.0 Å². The molecule has 0 aliphatic heterocycles. The summed E-state index contributed by atoms with van der Waals surface area (Å²) in [6.45, 7) is 3.62. The Balaban J connectivity index is 1.83. The summed E-state index contributed by atoms with van der Waals surface area (Å²) in [6, 6.07) is 9.91. The molecule has 134 valence electrons. The first-order valence-electron chi connectivity index (χ1n) is 8.97. The minimum atomic E-state index is -1.67. The van der Waals surface area contributed by atoms with Gasteiger partial charge in [-0.25, -0.2) is 4.39 Å². The fourth-order valence-corrected chi connectivity index (χ4v) is 2.83. The van der Waals surface area contributed by atoms with Crippen LogP contribution >= 0.6 is 0 Å². The molecule has 0 amide bonds. The van der Waals surface area contributed by atoms with Crippen molar-refractivity contribution in [2.24, 2.45) is 5.92 Å². The van der Waals surface area contributed by atoms with E-state index in [0.717, 1.165) is 24.6 Å². The Kier molecular flexibility index (Phi) is 5.16. The molecule has 1 fully saturated rings. The fourth-order valence-electron chi connectivity index (χ4n) is 2.83. The summed E-state index contributed by atoms with van der Waals surface area (Å²) < 4.78 is 14.3. The van der Waals surface area contributed by atoms with E-state index in [4.69, 9.17) is 5.73 Å². The van der Waals surface area contributed by atoms with Crippen molar-refractivity contribution in [1.29, 1.82) is 0 Å². The molecule has 0 saturated heterocycles. The van der Waals surface area contributed by atoms with E-state index in [0.29, 0.717) is 5.95 Å². The molecule has 0 atom stereocenters. The van der Waals surface area contributed by atoms with Crippen LogP contribution in [0.15, 0.2) is 30.3 Å². The van der Waals surface area contributed by atoms with Gasteiger partial charge in [-0.2, -0.15) is 15.0 Å². The molecule has 1 saturated carbocycles. The largest absolute Gasteiger partial charge is 0.368 e. The van der Waals surface area contributed by atoms with Crippen LogP contribution in [0.2, 0.25) is 0 Å². The highest BCUT2D eigenvalue weighted by Gasteiger charge is 2.26. The van der Waals surface area contributed by atoms with Gasteiger partial charge in [0.15, 0.2) is 11.5 Å². The van der Waals surface area contributed by atoms with Crippen LogP contribution < -0.4 is 10.6 Å². The molecule has 2 aromatic rings. The van der Waals surface area contributed by atoms with Crippen LogP contribution in [0.1, 0.15) is 51.8 Å². The molecule has 1 aliphatic carbocycles. The number of unbranched alkanes of at least 4 members (excludes halogenated alkanes) is 1. The molecular weight excluding hydrogens is 317 g/mol. The van der Waals surface area contributed by atoms with Gasteiger partial charge in [-0.05, 0) is 38.3 Å². The lowest BCUT2D eigenvalue weighted by Gasteiger charge is -2.24. The fraction of sp³-hybridized carbons (Fsp3) is 0.526. The lowest BCUT2D eigenvalue weighted by atomic mass is 10.1. The van der Waals surface area contributed by atoms with Crippen LogP contribution in [-0.4, -0.2) is 21.5 Å². The smallest absolute Gasteiger partial charge is 0.235 e. The number of halogens is 1. The maximum Gasteiger partial charge on any atom is 0.235 e. The van der Waals surface area contributed by atoms with Crippen molar-refractivity contribution < 1.29 is 4.39 Å². The van der Waals surface area contributed by atoms with E-state index in [1.165, 1.54) is 39.5 Å². The summed E-state index contributed by atoms with van der Waals surface area (Å²) in [5, 5.41) is 0. The molecule has 5 nitrogen and oxygen atoms in total. The summed E-state index contributed by atoms with van der Waals surface area (Å²) in [6.07, 6.45) is 6.24. The Morgan fingerprint density at radius 3 is 2.48 bits per heavy atom. The summed E-state index contributed by atoms with van der Waals surface area (Å²) in [5.74, 6) is 1.45. The van der Waals surface area contributed by atoms with Crippen molar-refractivity contribution in [3.05, 3.63) is 36.2 Å². The van der Waals surface area contributed by atoms with Crippen LogP contribution in [0, 0.1) is 5.92 Å². The lowest BCUT2D eigenvalue weighted by molar-refractivity contribution is 0.206. The van der Waals surface area contributed by atoms with Crippen molar-refractivity contribution in [3.63, 3.8) is 0 Å². The van der Waals surface area contributed by atoms with Gasteiger partial charge >= 0.3 is 0 Å². The third-order valence-corrected chi connectivity index (χ3v) is 4.42. The highest BCUT2D eigenvalue weighted by atomic mass is 19.1. The number of nitrogens with zero attached hydrogens (tertiary/aromatic N) is 4. The molecule has 1 aromatic heterocycles. The van der Waals surface area contributed by atoms with Gasteiger partial charge in [-0.1, -0.05) is 43.9 Å². The quantitative estimate of drug-likeness (QED) is 0.721. The number of anilines is 3. The minimum Gasteiger partial charge on any atom is -0.368 e. The Morgan fingerprint density at radius 2 is 1.84 bits per heavy atom. The number of para-hydroxylation sites is 1. The Bertz CT molecular complexity index is 695. The number of aromatic nitrogens is 3. The first kappa shape index (κ1) is 17.6. The first-order chi connectivity index (χ1) is 11.9. The molecule has 0 radical (unpaired) electrons. The molecule has 25 heavy (non-hydrogen) atoms. The zero-order valence-electron chi connectivity index (χ0n) is 15.0. The van der Waals surface area contributed by atoms with Gasteiger partial charge in [0, 0.05) is 12.2 Å². The normalized spacial score (nSPS) is 14.5. The summed E-state index contributed by atoms with van der Waals surface area (Å²) in [5.41, 5.74) is 5.13. The van der Waals surface area contributed by atoms with Crippen LogP contribution in [0.5, 0.6) is 0 Å². The molecule has 0 spiro atoms. The van der Waals surface area contributed by atoms with Crippen molar-refractivity contribution in [2.45, 2.75) is 51.6 Å². The number of hydrogen-bond acceptors (Lipinski definition) is 5. The molecule has 0 unspecified atom stereocenters. The van der Waals surface area contributed by atoms with Crippen LogP contribution in [0.25, 0.3) is 0 Å². The van der Waals surface area contributed by atoms with E-state index in [9.17, 15) is 4.39 Å². The minimum absolute atomic E-state index is 0.0460. The number of rotatable bonds is 8. The molecule has 3 rings (SSSR count). The second-order valence-electron chi connectivity index (χ2n) is 7.22. The van der Waals surface area contributed by atoms with Crippen LogP contribution in [-0.2, 0) is 5.67 Å². The van der Waals surface area contributed by atoms with Gasteiger partial charge in [-0.3, -0.25) is 0 Å². The topological polar surface area (TPSA) is 67.9 Å². The second-order valence-corrected chi connectivity index (χ2v) is 7.22. The molecule has 0 bridgehead atoms. The second kappa shape index (κ2) is 7.33. The van der Waals surface area contributed by atoms with Crippen molar-refractivity contribution in [3.8, 4) is 0 Å². The maximum atomic E-state index is 14.3. The zero-order chi connectivity index (χ0) is 17.9. The molecule has 2 N–H and O–H groups in total. The van der Waals surface area contributed by atoms with Gasteiger partial charge in [0.2, 0.25) is 11.9 Å². The Labute approximate surface area is 148 Å². The van der Waals surface area contributed by atoms with E-state index in [1.54, 1.807) is 0 Å². The van der Waals surface area contributed by atoms with Crippen molar-refractivity contribution >= 4 is 17.6 Å². The molecule has 1 heterocycles. The first-order valence-corrected chi connectivity index (χ1v) is 8.97. The molecule has 6 heteroatoms. The van der Waals surface area contributed by atoms with Gasteiger partial charge in [0.25, 0.3) is 0 Å². The SMILES string of the molecule is CC(C)(F)c1nc(N)nc(N(CCCCC2CC2)c2ccccc2)n1. The van der Waals surface area contributed by atoms with E-state index in [-0.39, 0.29) is 11.8 Å². The van der Waals surface area contributed by atoms with E-state index in [2.05, 4.69) is 15.0 Å². The Morgan fingerprint density at radius 1 is 1.12 bits per heavy atom. The van der Waals surface area contributed by atoms with E-state index >= 15 is 0 Å². The maximum absolute atomic E-state index is 14.3. The van der Waals surface area contributed by atoms with Crippen LogP contribution in [0.3, 0.4) is 0 Å². The predicted molar refractivity (Wildman–Crippen MR) is 98.4 cm³/mol. The number of nitrogen functional groups attached to an aromatic ring is 1. The van der Waals surface area contributed by atoms with Gasteiger partial charge in [0.05, 0.1) is 0 Å². The third-order valence-electron chi connectivity index (χ3n) is 4.42. The summed E-state index contributed by atoms with van der Waals surface area (Å²) in [7, 11) is 0. The Hall–Kier alpha value is -2.24. The van der Waals surface area contributed by atoms with E-state index in [1.807, 2.05) is 35.2 Å². The number of hydrogen-bond donors (Lipinski definition) is 1. The highest BCUT2D eigenvalue weighted by molar-refractivity contribution is 5.57. The van der Waals surface area contributed by atoms with Gasteiger partial charge in [0.1, 0.15) is 0 Å². The summed E-state index contributed by atoms with van der Waals surface area (Å²) >= 11 is 0. The average Bonchev–Trinajstić information content (AvgIpc) is 3.38. The van der Waals surface area contributed by atoms with Gasteiger partial charge < -0.3 is 10.6 Å². The van der Waals surface area contributed by atoms with E-state index < -0.39 is 5.67 Å². The predicted octanol–water partition coefficient (Wildman–Crippen LogP) is 4.38. The number of nitrogens with two attached hydrogens (primary N) is 1. The third kappa shape index (κ3) is 4.87.